The van der Waals surface area contributed by atoms with E-state index in [1.54, 1.807) is 0 Å². The van der Waals surface area contributed by atoms with Gasteiger partial charge in [0.05, 0.1) is 0 Å². The second kappa shape index (κ2) is 3.13. The maximum absolute atomic E-state index is 2.38. The molecular weight excluding hydrogens is 206 g/mol. The van der Waals surface area contributed by atoms with Crippen molar-refractivity contribution in [3.63, 3.8) is 0 Å². The van der Waals surface area contributed by atoms with Crippen LogP contribution in [0, 0.1) is 0 Å². The predicted molar refractivity (Wildman–Crippen MR) is 72.4 cm³/mol. The van der Waals surface area contributed by atoms with Crippen LogP contribution in [0.1, 0.15) is 24.3 Å². The lowest BCUT2D eigenvalue weighted by molar-refractivity contribution is 1.01. The van der Waals surface area contributed by atoms with Gasteiger partial charge in [0.15, 0.2) is 0 Å². The van der Waals surface area contributed by atoms with E-state index in [0.29, 0.717) is 0 Å². The molecule has 0 atom stereocenters. The number of fused-ring (bicyclic) bond motifs is 3. The molecule has 1 aromatic heterocycles. The van der Waals surface area contributed by atoms with Crippen LogP contribution in [0.15, 0.2) is 42.5 Å². The summed E-state index contributed by atoms with van der Waals surface area (Å²) in [7, 11) is 2.17. The van der Waals surface area contributed by atoms with E-state index >= 15 is 0 Å². The molecule has 1 heterocycles. The first-order valence-corrected chi connectivity index (χ1v) is 6.31. The fourth-order valence-corrected chi connectivity index (χ4v) is 2.85. The Bertz CT molecular complexity index is 717. The second-order valence-corrected chi connectivity index (χ2v) is 5.13. The number of aromatic nitrogens is 1. The van der Waals surface area contributed by atoms with Gasteiger partial charge in [-0.25, -0.2) is 0 Å². The number of hydrogen-bond acceptors (Lipinski definition) is 0. The van der Waals surface area contributed by atoms with Gasteiger partial charge in [0, 0.05) is 28.9 Å². The summed E-state index contributed by atoms with van der Waals surface area (Å²) < 4.78 is 2.32. The lowest BCUT2D eigenvalue weighted by atomic mass is 10.1. The van der Waals surface area contributed by atoms with Crippen LogP contribution < -0.4 is 0 Å². The minimum atomic E-state index is 0.831. The van der Waals surface area contributed by atoms with Gasteiger partial charge >= 0.3 is 0 Å². The van der Waals surface area contributed by atoms with Gasteiger partial charge in [-0.15, -0.1) is 0 Å². The molecule has 1 nitrogen and oxygen atoms in total. The number of nitrogens with zero attached hydrogens (tertiary/aromatic N) is 1. The van der Waals surface area contributed by atoms with Crippen LogP contribution >= 0.6 is 0 Å². The number of aryl methyl sites for hydroxylation is 1. The molecule has 1 fully saturated rings. The third-order valence-electron chi connectivity index (χ3n) is 3.99. The van der Waals surface area contributed by atoms with Crippen molar-refractivity contribution in [3.05, 3.63) is 48.0 Å². The summed E-state index contributed by atoms with van der Waals surface area (Å²) >= 11 is 0. The van der Waals surface area contributed by atoms with Crippen molar-refractivity contribution in [2.24, 2.45) is 7.05 Å². The predicted octanol–water partition coefficient (Wildman–Crippen LogP) is 4.21. The normalized spacial score (nSPS) is 15.8. The van der Waals surface area contributed by atoms with E-state index < -0.39 is 0 Å². The van der Waals surface area contributed by atoms with Gasteiger partial charge in [-0.3, -0.25) is 0 Å². The van der Waals surface area contributed by atoms with Crippen molar-refractivity contribution in [1.29, 1.82) is 0 Å². The molecule has 1 aliphatic rings. The first kappa shape index (κ1) is 9.29. The van der Waals surface area contributed by atoms with E-state index in [1.165, 1.54) is 40.2 Å². The molecule has 0 aliphatic heterocycles. The second-order valence-electron chi connectivity index (χ2n) is 5.13. The first-order chi connectivity index (χ1) is 8.34. The summed E-state index contributed by atoms with van der Waals surface area (Å²) in [6.45, 7) is 0. The number of benzene rings is 2. The van der Waals surface area contributed by atoms with E-state index in [-0.39, 0.29) is 0 Å². The van der Waals surface area contributed by atoms with Crippen molar-refractivity contribution in [2.75, 3.05) is 0 Å². The average Bonchev–Trinajstić information content (AvgIpc) is 3.18. The zero-order valence-electron chi connectivity index (χ0n) is 9.98. The Kier molecular flexibility index (Phi) is 1.71. The topological polar surface area (TPSA) is 4.93 Å². The molecule has 1 aliphatic carbocycles. The fourth-order valence-electron chi connectivity index (χ4n) is 2.85. The van der Waals surface area contributed by atoms with Crippen molar-refractivity contribution in [2.45, 2.75) is 18.8 Å². The summed E-state index contributed by atoms with van der Waals surface area (Å²) in [6, 6.07) is 15.6. The van der Waals surface area contributed by atoms with Gasteiger partial charge in [0.25, 0.3) is 0 Å². The molecule has 3 aromatic rings. The van der Waals surface area contributed by atoms with Gasteiger partial charge in [-0.2, -0.15) is 0 Å². The lowest BCUT2D eigenvalue weighted by Crippen LogP contribution is -1.87. The molecule has 1 heteroatoms. The largest absolute Gasteiger partial charge is 0.344 e. The summed E-state index contributed by atoms with van der Waals surface area (Å²) in [5.41, 5.74) is 4.22. The number of rotatable bonds is 1. The summed E-state index contributed by atoms with van der Waals surface area (Å²) in [5, 5.41) is 2.75. The molecule has 84 valence electrons. The number of hydrogen-bond donors (Lipinski definition) is 0. The van der Waals surface area contributed by atoms with Crippen molar-refractivity contribution >= 4 is 21.8 Å². The molecule has 2 aromatic carbocycles. The van der Waals surface area contributed by atoms with Gasteiger partial charge in [-0.05, 0) is 36.5 Å². The Morgan fingerprint density at radius 2 is 1.71 bits per heavy atom. The fraction of sp³-hybridized carbons (Fsp3) is 0.250. The van der Waals surface area contributed by atoms with Crippen LogP contribution in [0.4, 0.5) is 0 Å². The monoisotopic (exact) mass is 221 g/mol. The first-order valence-electron chi connectivity index (χ1n) is 6.31. The Balaban J connectivity index is 2.13. The molecule has 0 saturated heterocycles. The van der Waals surface area contributed by atoms with Crippen molar-refractivity contribution in [3.8, 4) is 0 Å². The average molecular weight is 221 g/mol. The van der Waals surface area contributed by atoms with Crippen LogP contribution in [0.5, 0.6) is 0 Å². The van der Waals surface area contributed by atoms with E-state index in [9.17, 15) is 0 Å². The summed E-state index contributed by atoms with van der Waals surface area (Å²) in [6.07, 6.45) is 2.74. The summed E-state index contributed by atoms with van der Waals surface area (Å²) in [5.74, 6) is 0.831. The standard InChI is InChI=1S/C16H15N/c1-17-15-5-3-2-4-13(15)14-9-8-12(10-16(14)17)11-6-7-11/h2-5,8-11H,6-7H2,1H3. The Hall–Kier alpha value is -1.76. The van der Waals surface area contributed by atoms with Gasteiger partial charge in [0.2, 0.25) is 0 Å². The van der Waals surface area contributed by atoms with Crippen LogP contribution in [0.3, 0.4) is 0 Å². The molecule has 0 unspecified atom stereocenters. The Labute approximate surface area is 101 Å². The SMILES string of the molecule is Cn1c2ccccc2c2ccc(C3CC3)cc21. The lowest BCUT2D eigenvalue weighted by Gasteiger charge is -2.01. The molecule has 17 heavy (non-hydrogen) atoms. The van der Waals surface area contributed by atoms with Gasteiger partial charge in [0.1, 0.15) is 0 Å². The highest BCUT2D eigenvalue weighted by Gasteiger charge is 2.24. The summed E-state index contributed by atoms with van der Waals surface area (Å²) in [4.78, 5) is 0. The van der Waals surface area contributed by atoms with Crippen LogP contribution in [-0.4, -0.2) is 4.57 Å². The quantitative estimate of drug-likeness (QED) is 0.580. The maximum Gasteiger partial charge on any atom is 0.0491 e. The zero-order valence-corrected chi connectivity index (χ0v) is 9.98. The van der Waals surface area contributed by atoms with E-state index in [4.69, 9.17) is 0 Å². The van der Waals surface area contributed by atoms with Crippen molar-refractivity contribution < 1.29 is 0 Å². The molecular formula is C16H15N. The third-order valence-corrected chi connectivity index (χ3v) is 3.99. The zero-order chi connectivity index (χ0) is 11.4. The minimum absolute atomic E-state index is 0.831. The van der Waals surface area contributed by atoms with E-state index in [2.05, 4.69) is 54.1 Å². The van der Waals surface area contributed by atoms with Gasteiger partial charge in [-0.1, -0.05) is 30.3 Å². The maximum atomic E-state index is 2.38. The third kappa shape index (κ3) is 1.25. The molecule has 0 amide bonds. The van der Waals surface area contributed by atoms with Crippen molar-refractivity contribution in [1.82, 2.24) is 4.57 Å². The van der Waals surface area contributed by atoms with Crippen LogP contribution in [0.2, 0.25) is 0 Å². The smallest absolute Gasteiger partial charge is 0.0491 e. The molecule has 4 rings (SSSR count). The van der Waals surface area contributed by atoms with Crippen LogP contribution in [-0.2, 0) is 7.05 Å². The van der Waals surface area contributed by atoms with E-state index in [1.807, 2.05) is 0 Å². The molecule has 0 bridgehead atoms. The minimum Gasteiger partial charge on any atom is -0.344 e. The molecule has 0 N–H and O–H groups in total. The highest BCUT2D eigenvalue weighted by atomic mass is 14.9. The molecule has 1 saturated carbocycles. The molecule has 0 spiro atoms. The number of para-hydroxylation sites is 1. The molecule has 0 radical (unpaired) electrons. The highest BCUT2D eigenvalue weighted by Crippen LogP contribution is 2.41. The Morgan fingerprint density at radius 3 is 2.53 bits per heavy atom. The Morgan fingerprint density at radius 1 is 0.941 bits per heavy atom. The van der Waals surface area contributed by atoms with Crippen LogP contribution in [0.25, 0.3) is 21.8 Å². The van der Waals surface area contributed by atoms with Gasteiger partial charge < -0.3 is 4.57 Å². The highest BCUT2D eigenvalue weighted by molar-refractivity contribution is 6.08. The van der Waals surface area contributed by atoms with E-state index in [0.717, 1.165) is 5.92 Å².